The van der Waals surface area contributed by atoms with Gasteiger partial charge in [-0.05, 0) is 30.3 Å². The van der Waals surface area contributed by atoms with Crippen LogP contribution in [0.15, 0.2) is 0 Å². The lowest BCUT2D eigenvalue weighted by Gasteiger charge is -2.21. The molecule has 0 bridgehead atoms. The first-order valence-corrected chi connectivity index (χ1v) is 6.07. The van der Waals surface area contributed by atoms with Crippen molar-refractivity contribution < 1.29 is 14.6 Å². The highest BCUT2D eigenvalue weighted by atomic mass is 32.2. The minimum atomic E-state index is -0.419. The van der Waals surface area contributed by atoms with Gasteiger partial charge < -0.3 is 15.2 Å². The molecule has 14 heavy (non-hydrogen) atoms. The van der Waals surface area contributed by atoms with Crippen LogP contribution in [0.2, 0.25) is 0 Å². The Balaban J connectivity index is 2.03. The average Bonchev–Trinajstić information content (AvgIpc) is 2.25. The highest BCUT2D eigenvalue weighted by Crippen LogP contribution is 2.21. The Morgan fingerprint density at radius 1 is 1.50 bits per heavy atom. The maximum Gasteiger partial charge on any atom is 0.407 e. The Bertz CT molecular complexity index is 171. The molecule has 1 amide bonds. The van der Waals surface area contributed by atoms with E-state index in [0.29, 0.717) is 12.5 Å². The number of aliphatic hydroxyl groups excluding tert-OH is 1. The van der Waals surface area contributed by atoms with Gasteiger partial charge in [-0.15, -0.1) is 0 Å². The van der Waals surface area contributed by atoms with Gasteiger partial charge in [-0.3, -0.25) is 0 Å². The molecule has 1 saturated heterocycles. The minimum absolute atomic E-state index is 0.0757. The molecule has 1 aliphatic rings. The third kappa shape index (κ3) is 4.72. The van der Waals surface area contributed by atoms with E-state index in [1.54, 1.807) is 0 Å². The molecule has 0 aromatic heterocycles. The summed E-state index contributed by atoms with van der Waals surface area (Å²) in [5.41, 5.74) is 0. The van der Waals surface area contributed by atoms with Crippen molar-refractivity contribution in [3.63, 3.8) is 0 Å². The quantitative estimate of drug-likeness (QED) is 0.736. The highest BCUT2D eigenvalue weighted by Gasteiger charge is 2.14. The fraction of sp³-hybridized carbons (Fsp3) is 0.889. The number of ether oxygens (including phenoxy) is 1. The Hall–Kier alpha value is -0.420. The number of thioether (sulfide) groups is 1. The predicted octanol–water partition coefficient (Wildman–Crippen LogP) is 0.848. The van der Waals surface area contributed by atoms with E-state index in [9.17, 15) is 4.79 Å². The Labute approximate surface area is 88.4 Å². The lowest BCUT2D eigenvalue weighted by Crippen LogP contribution is -2.31. The van der Waals surface area contributed by atoms with Crippen LogP contribution in [0.3, 0.4) is 0 Å². The molecule has 4 nitrogen and oxygen atoms in total. The van der Waals surface area contributed by atoms with Crippen LogP contribution in [0, 0.1) is 5.92 Å². The SMILES string of the molecule is O=C(NCC1CCSCC1)OCCO. The van der Waals surface area contributed by atoms with Crippen molar-refractivity contribution in [1.29, 1.82) is 0 Å². The van der Waals surface area contributed by atoms with Gasteiger partial charge in [-0.25, -0.2) is 4.79 Å². The zero-order valence-corrected chi connectivity index (χ0v) is 9.02. The molecule has 1 fully saturated rings. The molecule has 0 unspecified atom stereocenters. The number of aliphatic hydroxyl groups is 1. The summed E-state index contributed by atoms with van der Waals surface area (Å²) < 4.78 is 4.68. The van der Waals surface area contributed by atoms with Gasteiger partial charge in [0, 0.05) is 6.54 Å². The molecule has 82 valence electrons. The zero-order chi connectivity index (χ0) is 10.2. The largest absolute Gasteiger partial charge is 0.447 e. The standard InChI is InChI=1S/C9H17NO3S/c11-3-4-13-9(12)10-7-8-1-5-14-6-2-8/h8,11H,1-7H2,(H,10,12). The van der Waals surface area contributed by atoms with Crippen molar-refractivity contribution in [1.82, 2.24) is 5.32 Å². The molecule has 5 heteroatoms. The predicted molar refractivity (Wildman–Crippen MR) is 56.5 cm³/mol. The van der Waals surface area contributed by atoms with Crippen LogP contribution in [0.5, 0.6) is 0 Å². The van der Waals surface area contributed by atoms with Crippen LogP contribution in [0.4, 0.5) is 4.79 Å². The minimum Gasteiger partial charge on any atom is -0.447 e. The van der Waals surface area contributed by atoms with Crippen LogP contribution in [0.1, 0.15) is 12.8 Å². The van der Waals surface area contributed by atoms with Gasteiger partial charge in [-0.2, -0.15) is 11.8 Å². The Morgan fingerprint density at radius 3 is 2.86 bits per heavy atom. The smallest absolute Gasteiger partial charge is 0.407 e. The topological polar surface area (TPSA) is 58.6 Å². The van der Waals surface area contributed by atoms with E-state index in [4.69, 9.17) is 5.11 Å². The maximum absolute atomic E-state index is 11.0. The van der Waals surface area contributed by atoms with E-state index >= 15 is 0 Å². The molecule has 1 rings (SSSR count). The van der Waals surface area contributed by atoms with Crippen molar-refractivity contribution in [2.75, 3.05) is 31.3 Å². The van der Waals surface area contributed by atoms with Gasteiger partial charge in [0.1, 0.15) is 6.61 Å². The van der Waals surface area contributed by atoms with E-state index < -0.39 is 6.09 Å². The van der Waals surface area contributed by atoms with Gasteiger partial charge in [-0.1, -0.05) is 0 Å². The Kier molecular flexibility index (Phi) is 5.78. The molecule has 1 heterocycles. The fourth-order valence-corrected chi connectivity index (χ4v) is 2.57. The number of carbonyl (C=O) groups excluding carboxylic acids is 1. The second kappa shape index (κ2) is 6.95. The van der Waals surface area contributed by atoms with E-state index in [1.807, 2.05) is 11.8 Å². The summed E-state index contributed by atoms with van der Waals surface area (Å²) in [6.07, 6.45) is 1.92. The summed E-state index contributed by atoms with van der Waals surface area (Å²) in [5, 5.41) is 11.1. The average molecular weight is 219 g/mol. The number of hydrogen-bond donors (Lipinski definition) is 2. The van der Waals surface area contributed by atoms with Crippen LogP contribution in [-0.2, 0) is 4.74 Å². The molecule has 0 atom stereocenters. The molecule has 0 aromatic carbocycles. The van der Waals surface area contributed by atoms with Crippen LogP contribution in [-0.4, -0.2) is 42.5 Å². The van der Waals surface area contributed by atoms with Gasteiger partial charge >= 0.3 is 6.09 Å². The monoisotopic (exact) mass is 219 g/mol. The number of nitrogens with one attached hydrogen (secondary N) is 1. The van der Waals surface area contributed by atoms with Crippen molar-refractivity contribution in [2.24, 2.45) is 5.92 Å². The van der Waals surface area contributed by atoms with Crippen molar-refractivity contribution in [3.05, 3.63) is 0 Å². The number of hydrogen-bond acceptors (Lipinski definition) is 4. The van der Waals surface area contributed by atoms with Gasteiger partial charge in [0.2, 0.25) is 0 Å². The summed E-state index contributed by atoms with van der Waals surface area (Å²) in [7, 11) is 0. The van der Waals surface area contributed by atoms with E-state index in [1.165, 1.54) is 24.3 Å². The Morgan fingerprint density at radius 2 is 2.21 bits per heavy atom. The number of carbonyl (C=O) groups is 1. The van der Waals surface area contributed by atoms with Crippen LogP contribution in [0.25, 0.3) is 0 Å². The summed E-state index contributed by atoms with van der Waals surface area (Å²) in [6.45, 7) is 0.657. The van der Waals surface area contributed by atoms with E-state index in [0.717, 1.165) is 0 Å². The van der Waals surface area contributed by atoms with Crippen molar-refractivity contribution in [3.8, 4) is 0 Å². The zero-order valence-electron chi connectivity index (χ0n) is 8.20. The molecule has 0 aromatic rings. The first kappa shape index (κ1) is 11.7. The summed E-state index contributed by atoms with van der Waals surface area (Å²) in [6, 6.07) is 0. The molecule has 0 spiro atoms. The molecule has 0 aliphatic carbocycles. The van der Waals surface area contributed by atoms with Gasteiger partial charge in [0.25, 0.3) is 0 Å². The molecular formula is C9H17NO3S. The number of amides is 1. The summed E-state index contributed by atoms with van der Waals surface area (Å²) >= 11 is 1.97. The normalized spacial score (nSPS) is 17.8. The summed E-state index contributed by atoms with van der Waals surface area (Å²) in [5.74, 6) is 2.98. The van der Waals surface area contributed by atoms with Gasteiger partial charge in [0.15, 0.2) is 0 Å². The van der Waals surface area contributed by atoms with E-state index in [-0.39, 0.29) is 13.2 Å². The second-order valence-electron chi connectivity index (χ2n) is 3.30. The van der Waals surface area contributed by atoms with Crippen LogP contribution < -0.4 is 5.32 Å². The molecule has 0 radical (unpaired) electrons. The first-order chi connectivity index (χ1) is 6.83. The van der Waals surface area contributed by atoms with Crippen LogP contribution >= 0.6 is 11.8 Å². The third-order valence-corrected chi connectivity index (χ3v) is 3.25. The molecule has 1 aliphatic heterocycles. The van der Waals surface area contributed by atoms with Crippen molar-refractivity contribution >= 4 is 17.9 Å². The number of alkyl carbamates (subject to hydrolysis) is 1. The third-order valence-electron chi connectivity index (χ3n) is 2.20. The maximum atomic E-state index is 11.0. The van der Waals surface area contributed by atoms with Gasteiger partial charge in [0.05, 0.1) is 6.61 Å². The molecular weight excluding hydrogens is 202 g/mol. The highest BCUT2D eigenvalue weighted by molar-refractivity contribution is 7.99. The first-order valence-electron chi connectivity index (χ1n) is 4.92. The lowest BCUT2D eigenvalue weighted by atomic mass is 10.0. The molecule has 2 N–H and O–H groups in total. The summed E-state index contributed by atoms with van der Waals surface area (Å²) in [4.78, 5) is 11.0. The fourth-order valence-electron chi connectivity index (χ4n) is 1.37. The van der Waals surface area contributed by atoms with Crippen molar-refractivity contribution in [2.45, 2.75) is 12.8 Å². The number of rotatable bonds is 4. The van der Waals surface area contributed by atoms with E-state index in [2.05, 4.69) is 10.1 Å². The second-order valence-corrected chi connectivity index (χ2v) is 4.52. The lowest BCUT2D eigenvalue weighted by molar-refractivity contribution is 0.118. The molecule has 0 saturated carbocycles.